The van der Waals surface area contributed by atoms with Gasteiger partial charge in [-0.25, -0.2) is 4.98 Å². The highest BCUT2D eigenvalue weighted by Gasteiger charge is 2.06. The van der Waals surface area contributed by atoms with Gasteiger partial charge in [0.05, 0.1) is 4.47 Å². The molecule has 18 heavy (non-hydrogen) atoms. The van der Waals surface area contributed by atoms with Crippen molar-refractivity contribution in [3.8, 4) is 11.6 Å². The number of rotatable bonds is 4. The van der Waals surface area contributed by atoms with Crippen LogP contribution in [0.2, 0.25) is 0 Å². The predicted molar refractivity (Wildman–Crippen MR) is 76.0 cm³/mol. The number of nitrogens with one attached hydrogen (secondary N) is 1. The zero-order valence-electron chi connectivity index (χ0n) is 10.4. The molecule has 0 bridgehead atoms. The lowest BCUT2D eigenvalue weighted by Gasteiger charge is -2.09. The van der Waals surface area contributed by atoms with Crippen molar-refractivity contribution in [1.29, 1.82) is 0 Å². The van der Waals surface area contributed by atoms with E-state index in [0.717, 1.165) is 22.3 Å². The van der Waals surface area contributed by atoms with E-state index in [1.165, 1.54) is 5.56 Å². The summed E-state index contributed by atoms with van der Waals surface area (Å²) >= 11 is 3.49. The minimum Gasteiger partial charge on any atom is -0.438 e. The third-order valence-corrected chi connectivity index (χ3v) is 3.51. The van der Waals surface area contributed by atoms with Gasteiger partial charge in [0.2, 0.25) is 5.88 Å². The predicted octanol–water partition coefficient (Wildman–Crippen LogP) is 3.66. The molecule has 0 saturated carbocycles. The average molecular weight is 307 g/mol. The molecule has 94 valence electrons. The van der Waals surface area contributed by atoms with Gasteiger partial charge in [0.1, 0.15) is 5.75 Å². The number of benzene rings is 1. The van der Waals surface area contributed by atoms with Gasteiger partial charge in [-0.15, -0.1) is 0 Å². The number of nitrogens with zero attached hydrogens (tertiary/aromatic N) is 1. The average Bonchev–Trinajstić information content (AvgIpc) is 2.36. The SMILES string of the molecule is CNCc1cccc(Oc2nccc(C)c2Br)c1. The maximum Gasteiger partial charge on any atom is 0.233 e. The molecule has 0 spiro atoms. The van der Waals surface area contributed by atoms with Crippen molar-refractivity contribution in [2.24, 2.45) is 0 Å². The summed E-state index contributed by atoms with van der Waals surface area (Å²) < 4.78 is 6.68. The summed E-state index contributed by atoms with van der Waals surface area (Å²) in [7, 11) is 1.92. The molecule has 0 saturated heterocycles. The number of hydrogen-bond donors (Lipinski definition) is 1. The van der Waals surface area contributed by atoms with Crippen LogP contribution in [0.25, 0.3) is 0 Å². The van der Waals surface area contributed by atoms with Crippen LogP contribution in [-0.2, 0) is 6.54 Å². The number of hydrogen-bond acceptors (Lipinski definition) is 3. The van der Waals surface area contributed by atoms with E-state index in [4.69, 9.17) is 4.74 Å². The highest BCUT2D eigenvalue weighted by molar-refractivity contribution is 9.10. The number of aromatic nitrogens is 1. The molecular weight excluding hydrogens is 292 g/mol. The summed E-state index contributed by atoms with van der Waals surface area (Å²) in [6.45, 7) is 2.83. The van der Waals surface area contributed by atoms with E-state index >= 15 is 0 Å². The molecule has 0 aliphatic heterocycles. The lowest BCUT2D eigenvalue weighted by molar-refractivity contribution is 0.458. The molecule has 4 heteroatoms. The van der Waals surface area contributed by atoms with E-state index in [9.17, 15) is 0 Å². The van der Waals surface area contributed by atoms with Crippen LogP contribution in [0.1, 0.15) is 11.1 Å². The fraction of sp³-hybridized carbons (Fsp3) is 0.214. The molecule has 0 fully saturated rings. The molecule has 0 unspecified atom stereocenters. The first-order valence-electron chi connectivity index (χ1n) is 5.73. The molecule has 1 aromatic heterocycles. The maximum absolute atomic E-state index is 5.79. The van der Waals surface area contributed by atoms with Gasteiger partial charge in [0.15, 0.2) is 0 Å². The molecular formula is C14H15BrN2O. The standard InChI is InChI=1S/C14H15BrN2O/c1-10-6-7-17-14(13(10)15)18-12-5-3-4-11(8-12)9-16-2/h3-8,16H,9H2,1-2H3. The molecule has 0 atom stereocenters. The molecule has 1 aromatic carbocycles. The highest BCUT2D eigenvalue weighted by Crippen LogP contribution is 2.29. The van der Waals surface area contributed by atoms with Crippen LogP contribution in [0, 0.1) is 6.92 Å². The highest BCUT2D eigenvalue weighted by atomic mass is 79.9. The molecule has 0 aliphatic carbocycles. The third-order valence-electron chi connectivity index (χ3n) is 2.54. The first-order chi connectivity index (χ1) is 8.70. The van der Waals surface area contributed by atoms with Crippen LogP contribution < -0.4 is 10.1 Å². The van der Waals surface area contributed by atoms with Crippen LogP contribution >= 0.6 is 15.9 Å². The first-order valence-corrected chi connectivity index (χ1v) is 6.52. The smallest absolute Gasteiger partial charge is 0.233 e. The lowest BCUT2D eigenvalue weighted by Crippen LogP contribution is -2.04. The largest absolute Gasteiger partial charge is 0.438 e. The van der Waals surface area contributed by atoms with Crippen LogP contribution in [0.5, 0.6) is 11.6 Å². The van der Waals surface area contributed by atoms with Gasteiger partial charge in [-0.05, 0) is 59.2 Å². The summed E-state index contributed by atoms with van der Waals surface area (Å²) in [6, 6.07) is 9.91. The molecule has 2 aromatic rings. The van der Waals surface area contributed by atoms with Crippen molar-refractivity contribution < 1.29 is 4.74 Å². The molecule has 0 aliphatic rings. The fourth-order valence-corrected chi connectivity index (χ4v) is 1.94. The Labute approximate surface area is 115 Å². The van der Waals surface area contributed by atoms with E-state index in [1.54, 1.807) is 6.20 Å². The summed E-state index contributed by atoms with van der Waals surface area (Å²) in [6.07, 6.45) is 1.74. The lowest BCUT2D eigenvalue weighted by atomic mass is 10.2. The minimum absolute atomic E-state index is 0.594. The normalized spacial score (nSPS) is 10.4. The van der Waals surface area contributed by atoms with Gasteiger partial charge < -0.3 is 10.1 Å². The number of aryl methyl sites for hydroxylation is 1. The zero-order valence-corrected chi connectivity index (χ0v) is 12.0. The van der Waals surface area contributed by atoms with Crippen molar-refractivity contribution >= 4 is 15.9 Å². The summed E-state index contributed by atoms with van der Waals surface area (Å²) in [5.74, 6) is 1.39. The molecule has 3 nitrogen and oxygen atoms in total. The van der Waals surface area contributed by atoms with Gasteiger partial charge >= 0.3 is 0 Å². The van der Waals surface area contributed by atoms with E-state index in [1.807, 2.05) is 38.2 Å². The zero-order chi connectivity index (χ0) is 13.0. The van der Waals surface area contributed by atoms with Crippen molar-refractivity contribution in [3.05, 3.63) is 52.1 Å². The topological polar surface area (TPSA) is 34.1 Å². The maximum atomic E-state index is 5.79. The van der Waals surface area contributed by atoms with Gasteiger partial charge in [-0.1, -0.05) is 12.1 Å². The van der Waals surface area contributed by atoms with Crippen molar-refractivity contribution in [3.63, 3.8) is 0 Å². The Morgan fingerprint density at radius 2 is 2.17 bits per heavy atom. The molecule has 2 rings (SSSR count). The van der Waals surface area contributed by atoms with E-state index < -0.39 is 0 Å². The second-order valence-electron chi connectivity index (χ2n) is 4.03. The summed E-state index contributed by atoms with van der Waals surface area (Å²) in [5.41, 5.74) is 2.28. The molecule has 0 radical (unpaired) electrons. The van der Waals surface area contributed by atoms with Crippen molar-refractivity contribution in [2.75, 3.05) is 7.05 Å². The Kier molecular flexibility index (Phi) is 4.33. The first kappa shape index (κ1) is 13.1. The van der Waals surface area contributed by atoms with E-state index in [-0.39, 0.29) is 0 Å². The van der Waals surface area contributed by atoms with Gasteiger partial charge in [-0.3, -0.25) is 0 Å². The number of pyridine rings is 1. The van der Waals surface area contributed by atoms with Gasteiger partial charge in [-0.2, -0.15) is 0 Å². The Bertz CT molecular complexity index is 543. The van der Waals surface area contributed by atoms with Gasteiger partial charge in [0, 0.05) is 12.7 Å². The Morgan fingerprint density at radius 3 is 2.94 bits per heavy atom. The second kappa shape index (κ2) is 5.98. The minimum atomic E-state index is 0.594. The Morgan fingerprint density at radius 1 is 1.33 bits per heavy atom. The van der Waals surface area contributed by atoms with Crippen molar-refractivity contribution in [2.45, 2.75) is 13.5 Å². The molecule has 1 N–H and O–H groups in total. The summed E-state index contributed by atoms with van der Waals surface area (Å²) in [4.78, 5) is 4.23. The Hall–Kier alpha value is -1.39. The molecule has 0 amide bonds. The van der Waals surface area contributed by atoms with Crippen molar-refractivity contribution in [1.82, 2.24) is 10.3 Å². The number of ether oxygens (including phenoxy) is 1. The van der Waals surface area contributed by atoms with Crippen LogP contribution in [-0.4, -0.2) is 12.0 Å². The second-order valence-corrected chi connectivity index (χ2v) is 4.82. The van der Waals surface area contributed by atoms with Crippen LogP contribution in [0.4, 0.5) is 0 Å². The quantitative estimate of drug-likeness (QED) is 0.936. The fourth-order valence-electron chi connectivity index (χ4n) is 1.62. The van der Waals surface area contributed by atoms with Crippen LogP contribution in [0.3, 0.4) is 0 Å². The third kappa shape index (κ3) is 3.09. The van der Waals surface area contributed by atoms with Gasteiger partial charge in [0.25, 0.3) is 0 Å². The molecule has 1 heterocycles. The summed E-state index contributed by atoms with van der Waals surface area (Å²) in [5, 5.41) is 3.12. The number of halogens is 1. The Balaban J connectivity index is 2.23. The van der Waals surface area contributed by atoms with E-state index in [0.29, 0.717) is 5.88 Å². The monoisotopic (exact) mass is 306 g/mol. The van der Waals surface area contributed by atoms with Crippen LogP contribution in [0.15, 0.2) is 41.0 Å². The van der Waals surface area contributed by atoms with E-state index in [2.05, 4.69) is 32.3 Å².